The number of isocyanates is 1. The molecule has 4 heteroatoms. The van der Waals surface area contributed by atoms with E-state index in [9.17, 15) is 0 Å². The maximum atomic E-state index is 8.35. The Morgan fingerprint density at radius 3 is 2.33 bits per heavy atom. The molecule has 0 amide bonds. The van der Waals surface area contributed by atoms with Gasteiger partial charge in [0.25, 0.3) is 0 Å². The van der Waals surface area contributed by atoms with Crippen molar-refractivity contribution in [2.45, 2.75) is 19.9 Å². The third kappa shape index (κ3) is 35.7. The van der Waals surface area contributed by atoms with Gasteiger partial charge in [0.2, 0.25) is 6.08 Å². The Kier molecular flexibility index (Phi) is 19.8. The summed E-state index contributed by atoms with van der Waals surface area (Å²) in [6.45, 7) is 5.25. The Labute approximate surface area is 57.9 Å². The molecule has 0 radical (unpaired) electrons. The van der Waals surface area contributed by atoms with Gasteiger partial charge in [-0.1, -0.05) is 13.5 Å². The highest BCUT2D eigenvalue weighted by Gasteiger charge is 1.73. The van der Waals surface area contributed by atoms with Crippen LogP contribution in [0.4, 0.5) is 0 Å². The molecule has 0 unspecified atom stereocenters. The molecule has 0 bridgehead atoms. The monoisotopic (exact) mass is 147 g/mol. The van der Waals surface area contributed by atoms with Crippen molar-refractivity contribution < 1.29 is 9.22 Å². The quantitative estimate of drug-likeness (QED) is 0.273. The molecule has 0 saturated carbocycles. The smallest absolute Gasteiger partial charge is 0.231 e. The van der Waals surface area contributed by atoms with Crippen molar-refractivity contribution in [2.75, 3.05) is 6.61 Å². The largest absolute Gasteiger partial charge is 0.424 e. The molecule has 0 spiro atoms. The van der Waals surface area contributed by atoms with Gasteiger partial charge in [-0.2, -0.15) is 0 Å². The standard InChI is InChI=1S/C4H12OSi.CHNO/c1-3-4-5-6-2;2-1-3/h3-4,6H2,1-2H3;2H. The summed E-state index contributed by atoms with van der Waals surface area (Å²) in [7, 11) is -0.0970. The van der Waals surface area contributed by atoms with E-state index < -0.39 is 0 Å². The topological polar surface area (TPSA) is 50.1 Å². The molecule has 0 aromatic heterocycles. The zero-order valence-electron chi connectivity index (χ0n) is 5.94. The number of hydrogen-bond acceptors (Lipinski definition) is 3. The van der Waals surface area contributed by atoms with Crippen molar-refractivity contribution in [3.05, 3.63) is 0 Å². The van der Waals surface area contributed by atoms with E-state index in [1.54, 1.807) is 0 Å². The summed E-state index contributed by atoms with van der Waals surface area (Å²) in [6.07, 6.45) is 1.92. The molecule has 0 aromatic rings. The van der Waals surface area contributed by atoms with Crippen molar-refractivity contribution in [1.82, 2.24) is 0 Å². The van der Waals surface area contributed by atoms with Crippen molar-refractivity contribution in [3.8, 4) is 0 Å². The van der Waals surface area contributed by atoms with Crippen molar-refractivity contribution in [2.24, 2.45) is 0 Å². The van der Waals surface area contributed by atoms with Crippen LogP contribution in [0.15, 0.2) is 0 Å². The summed E-state index contributed by atoms with van der Waals surface area (Å²) in [5, 5.41) is 5.40. The van der Waals surface area contributed by atoms with Crippen LogP contribution >= 0.6 is 0 Å². The van der Waals surface area contributed by atoms with Crippen molar-refractivity contribution in [1.29, 1.82) is 5.41 Å². The number of nitrogens with one attached hydrogen (secondary N) is 1. The lowest BCUT2D eigenvalue weighted by molar-refractivity contribution is 0.338. The van der Waals surface area contributed by atoms with E-state index in [1.165, 1.54) is 6.42 Å². The molecular formula is C5H13NO2Si. The van der Waals surface area contributed by atoms with Crippen LogP contribution < -0.4 is 0 Å². The van der Waals surface area contributed by atoms with Gasteiger partial charge in [-0.15, -0.1) is 0 Å². The minimum absolute atomic E-state index is 0.0970. The van der Waals surface area contributed by atoms with Gasteiger partial charge in [-0.05, 0) is 6.42 Å². The number of rotatable bonds is 3. The molecule has 0 aliphatic carbocycles. The molecule has 0 fully saturated rings. The summed E-state index contributed by atoms with van der Waals surface area (Å²) in [5.41, 5.74) is 0. The van der Waals surface area contributed by atoms with E-state index in [0.717, 1.165) is 12.7 Å². The Hall–Kier alpha value is -0.443. The van der Waals surface area contributed by atoms with E-state index in [-0.39, 0.29) is 9.76 Å². The van der Waals surface area contributed by atoms with E-state index in [0.29, 0.717) is 0 Å². The van der Waals surface area contributed by atoms with Gasteiger partial charge in [0.1, 0.15) is 0 Å². The van der Waals surface area contributed by atoms with E-state index in [2.05, 4.69) is 13.5 Å². The predicted molar refractivity (Wildman–Crippen MR) is 39.1 cm³/mol. The van der Waals surface area contributed by atoms with Crippen LogP contribution in [0.1, 0.15) is 13.3 Å². The first-order chi connectivity index (χ1) is 4.33. The highest BCUT2D eigenvalue weighted by atomic mass is 28.2. The zero-order valence-corrected chi connectivity index (χ0v) is 7.35. The normalized spacial score (nSPS) is 8.22. The van der Waals surface area contributed by atoms with E-state index >= 15 is 0 Å². The second-order valence-electron chi connectivity index (χ2n) is 1.30. The molecular weight excluding hydrogens is 134 g/mol. The highest BCUT2D eigenvalue weighted by Crippen LogP contribution is 1.74. The van der Waals surface area contributed by atoms with Gasteiger partial charge in [0.15, 0.2) is 9.76 Å². The lowest BCUT2D eigenvalue weighted by atomic mass is 10.5. The summed E-state index contributed by atoms with van der Waals surface area (Å²) in [5.74, 6) is 0. The van der Waals surface area contributed by atoms with Crippen LogP contribution in [-0.4, -0.2) is 22.4 Å². The Balaban J connectivity index is 0. The Bertz CT molecular complexity index is 67.4. The molecule has 9 heavy (non-hydrogen) atoms. The van der Waals surface area contributed by atoms with Crippen molar-refractivity contribution in [3.63, 3.8) is 0 Å². The van der Waals surface area contributed by atoms with E-state index in [1.807, 2.05) is 0 Å². The summed E-state index contributed by atoms with van der Waals surface area (Å²) in [4.78, 5) is 8.35. The van der Waals surface area contributed by atoms with Crippen LogP contribution in [0.5, 0.6) is 0 Å². The average molecular weight is 147 g/mol. The first-order valence-electron chi connectivity index (χ1n) is 2.95. The highest BCUT2D eigenvalue weighted by molar-refractivity contribution is 6.24. The van der Waals surface area contributed by atoms with Gasteiger partial charge in [0, 0.05) is 6.61 Å². The second-order valence-corrected chi connectivity index (χ2v) is 2.28. The van der Waals surface area contributed by atoms with Gasteiger partial charge in [-0.25, -0.2) is 10.2 Å². The maximum absolute atomic E-state index is 8.35. The van der Waals surface area contributed by atoms with Crippen LogP contribution in [0.25, 0.3) is 0 Å². The molecule has 0 aliphatic rings. The Morgan fingerprint density at radius 2 is 2.22 bits per heavy atom. The molecule has 0 aliphatic heterocycles. The zero-order chi connectivity index (χ0) is 7.54. The fraction of sp³-hybridized carbons (Fsp3) is 0.800. The van der Waals surface area contributed by atoms with Crippen LogP contribution in [0.3, 0.4) is 0 Å². The van der Waals surface area contributed by atoms with Gasteiger partial charge < -0.3 is 4.43 Å². The number of carbonyl (C=O) groups excluding carboxylic acids is 1. The number of hydrogen-bond donors (Lipinski definition) is 1. The predicted octanol–water partition coefficient (Wildman–Crippen LogP) is 0.446. The molecule has 3 nitrogen and oxygen atoms in total. The molecule has 0 rings (SSSR count). The van der Waals surface area contributed by atoms with Gasteiger partial charge >= 0.3 is 0 Å². The van der Waals surface area contributed by atoms with Crippen LogP contribution in [0.2, 0.25) is 6.55 Å². The van der Waals surface area contributed by atoms with E-state index in [4.69, 9.17) is 14.6 Å². The van der Waals surface area contributed by atoms with Crippen LogP contribution in [0, 0.1) is 5.41 Å². The third-order valence-corrected chi connectivity index (χ3v) is 1.25. The molecule has 0 atom stereocenters. The maximum Gasteiger partial charge on any atom is 0.231 e. The van der Waals surface area contributed by atoms with Crippen molar-refractivity contribution >= 4 is 15.8 Å². The summed E-state index contributed by atoms with van der Waals surface area (Å²) in [6, 6.07) is 0. The summed E-state index contributed by atoms with van der Waals surface area (Å²) >= 11 is 0. The van der Waals surface area contributed by atoms with Crippen LogP contribution in [-0.2, 0) is 9.22 Å². The Morgan fingerprint density at radius 1 is 1.78 bits per heavy atom. The first-order valence-corrected chi connectivity index (χ1v) is 4.94. The molecule has 0 aromatic carbocycles. The van der Waals surface area contributed by atoms with Gasteiger partial charge in [0.05, 0.1) is 0 Å². The fourth-order valence-electron chi connectivity index (χ4n) is 0.289. The lowest BCUT2D eigenvalue weighted by Gasteiger charge is -1.91. The first kappa shape index (κ1) is 11.4. The fourth-order valence-corrected chi connectivity index (χ4v) is 0.866. The molecule has 0 saturated heterocycles. The molecule has 0 heterocycles. The summed E-state index contributed by atoms with van der Waals surface area (Å²) < 4.78 is 5.12. The minimum atomic E-state index is -0.0970. The lowest BCUT2D eigenvalue weighted by Crippen LogP contribution is -1.92. The molecule has 1 N–H and O–H groups in total. The third-order valence-electron chi connectivity index (χ3n) is 0.553. The van der Waals surface area contributed by atoms with Gasteiger partial charge in [-0.3, -0.25) is 0 Å². The average Bonchev–Trinajstić information content (AvgIpc) is 1.86. The molecule has 54 valence electrons. The second kappa shape index (κ2) is 15.6. The SMILES string of the molecule is CCCO[SiH2]C.N=C=O. The minimum Gasteiger partial charge on any atom is -0.424 e.